The lowest BCUT2D eigenvalue weighted by Crippen LogP contribution is -2.20. The molecule has 0 spiro atoms. The topological polar surface area (TPSA) is 0 Å². The van der Waals surface area contributed by atoms with Gasteiger partial charge in [-0.3, -0.25) is 0 Å². The summed E-state index contributed by atoms with van der Waals surface area (Å²) in [4.78, 5) is 0. The summed E-state index contributed by atoms with van der Waals surface area (Å²) in [7, 11) is 0. The third kappa shape index (κ3) is 2.48. The lowest BCUT2D eigenvalue weighted by molar-refractivity contribution is 0.634. The number of rotatable bonds is 2. The summed E-state index contributed by atoms with van der Waals surface area (Å²) < 4.78 is 2.31. The summed E-state index contributed by atoms with van der Waals surface area (Å²) in [5, 5.41) is 0. The van der Waals surface area contributed by atoms with E-state index >= 15 is 0 Å². The number of benzene rings is 2. The Morgan fingerprint density at radius 1 is 0.706 bits per heavy atom. The molecule has 0 aliphatic rings. The fourth-order valence-corrected chi connectivity index (χ4v) is 3.64. The molecule has 2 aromatic carbocycles. The molecule has 0 bridgehead atoms. The molecule has 0 nitrogen and oxygen atoms in total. The van der Waals surface area contributed by atoms with Crippen LogP contribution in [0.1, 0.15) is 25.0 Å². The van der Waals surface area contributed by atoms with Crippen LogP contribution in [0.25, 0.3) is 0 Å². The summed E-state index contributed by atoms with van der Waals surface area (Å²) in [6.45, 7) is 4.49. The molecule has 0 amide bonds. The molecule has 0 N–H and O–H groups in total. The lowest BCUT2D eigenvalue weighted by Gasteiger charge is -2.28. The summed E-state index contributed by atoms with van der Waals surface area (Å²) in [6.07, 6.45) is 0. The highest BCUT2D eigenvalue weighted by Gasteiger charge is 2.26. The van der Waals surface area contributed by atoms with Crippen molar-refractivity contribution in [1.29, 1.82) is 0 Å². The van der Waals surface area contributed by atoms with Crippen LogP contribution in [-0.2, 0) is 5.41 Å². The van der Waals surface area contributed by atoms with Crippen molar-refractivity contribution < 1.29 is 0 Å². The van der Waals surface area contributed by atoms with E-state index in [0.717, 1.165) is 8.95 Å². The minimum Gasteiger partial charge on any atom is -0.0619 e. The van der Waals surface area contributed by atoms with Crippen LogP contribution in [0.3, 0.4) is 0 Å². The second-order valence-corrected chi connectivity index (χ2v) is 6.29. The molecular formula is C15H14Br2. The Morgan fingerprint density at radius 3 is 1.41 bits per heavy atom. The third-order valence-electron chi connectivity index (χ3n) is 3.09. The zero-order chi connectivity index (χ0) is 12.5. The van der Waals surface area contributed by atoms with Gasteiger partial charge in [0.25, 0.3) is 0 Å². The van der Waals surface area contributed by atoms with Gasteiger partial charge in [-0.15, -0.1) is 0 Å². The Morgan fingerprint density at radius 2 is 1.06 bits per heavy atom. The monoisotopic (exact) mass is 352 g/mol. The SMILES string of the molecule is CC(C)(c1ccccc1Br)c1ccccc1Br. The smallest absolute Gasteiger partial charge is 0.0216 e. The van der Waals surface area contributed by atoms with E-state index in [1.165, 1.54) is 11.1 Å². The fraction of sp³-hybridized carbons (Fsp3) is 0.200. The average Bonchev–Trinajstić information content (AvgIpc) is 2.29. The molecule has 0 fully saturated rings. The summed E-state index contributed by atoms with van der Waals surface area (Å²) >= 11 is 7.28. The number of halogens is 2. The molecule has 2 aromatic rings. The summed E-state index contributed by atoms with van der Waals surface area (Å²) in [6, 6.07) is 16.8. The van der Waals surface area contributed by atoms with E-state index in [1.807, 2.05) is 12.1 Å². The van der Waals surface area contributed by atoms with Crippen molar-refractivity contribution in [2.75, 3.05) is 0 Å². The van der Waals surface area contributed by atoms with E-state index in [9.17, 15) is 0 Å². The van der Waals surface area contributed by atoms with Gasteiger partial charge in [-0.25, -0.2) is 0 Å². The zero-order valence-corrected chi connectivity index (χ0v) is 13.0. The van der Waals surface area contributed by atoms with Crippen LogP contribution in [0.5, 0.6) is 0 Å². The molecule has 0 unspecified atom stereocenters. The standard InChI is InChI=1S/C15H14Br2/c1-15(2,11-7-3-5-9-13(11)16)12-8-4-6-10-14(12)17/h3-10H,1-2H3. The lowest BCUT2D eigenvalue weighted by atomic mass is 9.78. The van der Waals surface area contributed by atoms with Gasteiger partial charge in [-0.2, -0.15) is 0 Å². The fourth-order valence-electron chi connectivity index (χ4n) is 2.08. The highest BCUT2D eigenvalue weighted by atomic mass is 79.9. The predicted octanol–water partition coefficient (Wildman–Crippen LogP) is 5.54. The highest BCUT2D eigenvalue weighted by molar-refractivity contribution is 9.10. The van der Waals surface area contributed by atoms with E-state index in [4.69, 9.17) is 0 Å². The van der Waals surface area contributed by atoms with Crippen LogP contribution >= 0.6 is 31.9 Å². The van der Waals surface area contributed by atoms with Crippen molar-refractivity contribution >= 4 is 31.9 Å². The molecule has 88 valence electrons. The first kappa shape index (κ1) is 12.8. The molecule has 0 aliphatic carbocycles. The number of hydrogen-bond acceptors (Lipinski definition) is 0. The Labute approximate surface area is 119 Å². The van der Waals surface area contributed by atoms with Crippen LogP contribution < -0.4 is 0 Å². The normalized spacial score (nSPS) is 11.5. The van der Waals surface area contributed by atoms with E-state index in [-0.39, 0.29) is 5.41 Å². The Kier molecular flexibility index (Phi) is 3.74. The van der Waals surface area contributed by atoms with E-state index in [0.29, 0.717) is 0 Å². The number of hydrogen-bond donors (Lipinski definition) is 0. The minimum atomic E-state index is -0.0276. The zero-order valence-electron chi connectivity index (χ0n) is 9.87. The largest absolute Gasteiger partial charge is 0.0619 e. The Balaban J connectivity index is 2.58. The first-order chi connectivity index (χ1) is 8.03. The van der Waals surface area contributed by atoms with Gasteiger partial charge in [0.2, 0.25) is 0 Å². The van der Waals surface area contributed by atoms with Gasteiger partial charge in [-0.05, 0) is 23.3 Å². The molecule has 2 heteroatoms. The Bertz CT molecular complexity index is 482. The molecule has 2 rings (SSSR count). The maximum Gasteiger partial charge on any atom is 0.0216 e. The molecule has 0 saturated carbocycles. The first-order valence-corrected chi connectivity index (χ1v) is 7.12. The molecule has 0 heterocycles. The van der Waals surface area contributed by atoms with E-state index < -0.39 is 0 Å². The second-order valence-electron chi connectivity index (χ2n) is 4.58. The molecule has 0 aromatic heterocycles. The van der Waals surface area contributed by atoms with Gasteiger partial charge < -0.3 is 0 Å². The highest BCUT2D eigenvalue weighted by Crippen LogP contribution is 2.38. The van der Waals surface area contributed by atoms with Gasteiger partial charge >= 0.3 is 0 Å². The van der Waals surface area contributed by atoms with Crippen LogP contribution in [0.15, 0.2) is 57.5 Å². The maximum absolute atomic E-state index is 3.64. The molecule has 0 radical (unpaired) electrons. The van der Waals surface area contributed by atoms with Gasteiger partial charge in [-0.1, -0.05) is 82.1 Å². The van der Waals surface area contributed by atoms with Crippen molar-refractivity contribution in [3.8, 4) is 0 Å². The summed E-state index contributed by atoms with van der Waals surface area (Å²) in [5.41, 5.74) is 2.57. The molecule has 17 heavy (non-hydrogen) atoms. The van der Waals surface area contributed by atoms with Crippen molar-refractivity contribution in [3.63, 3.8) is 0 Å². The van der Waals surface area contributed by atoms with E-state index in [1.54, 1.807) is 0 Å². The third-order valence-corrected chi connectivity index (χ3v) is 4.48. The Hall–Kier alpha value is -0.600. The van der Waals surface area contributed by atoms with Crippen molar-refractivity contribution in [2.24, 2.45) is 0 Å². The van der Waals surface area contributed by atoms with Crippen LogP contribution in [-0.4, -0.2) is 0 Å². The average molecular weight is 354 g/mol. The van der Waals surface area contributed by atoms with Crippen molar-refractivity contribution in [3.05, 3.63) is 68.6 Å². The molecule has 0 saturated heterocycles. The van der Waals surface area contributed by atoms with Gasteiger partial charge in [0.05, 0.1) is 0 Å². The first-order valence-electron chi connectivity index (χ1n) is 5.53. The van der Waals surface area contributed by atoms with Crippen molar-refractivity contribution in [1.82, 2.24) is 0 Å². The maximum atomic E-state index is 3.64. The van der Waals surface area contributed by atoms with E-state index in [2.05, 4.69) is 82.1 Å². The molecular weight excluding hydrogens is 340 g/mol. The predicted molar refractivity (Wildman–Crippen MR) is 80.4 cm³/mol. The van der Waals surface area contributed by atoms with Crippen LogP contribution in [0.4, 0.5) is 0 Å². The van der Waals surface area contributed by atoms with Crippen LogP contribution in [0.2, 0.25) is 0 Å². The molecule has 0 aliphatic heterocycles. The summed E-state index contributed by atoms with van der Waals surface area (Å²) in [5.74, 6) is 0. The second kappa shape index (κ2) is 4.95. The molecule has 0 atom stereocenters. The van der Waals surface area contributed by atoms with Gasteiger partial charge in [0, 0.05) is 14.4 Å². The van der Waals surface area contributed by atoms with Gasteiger partial charge in [0.15, 0.2) is 0 Å². The minimum absolute atomic E-state index is 0.0276. The van der Waals surface area contributed by atoms with Gasteiger partial charge in [0.1, 0.15) is 0 Å². The quantitative estimate of drug-likeness (QED) is 0.665. The van der Waals surface area contributed by atoms with Crippen molar-refractivity contribution in [2.45, 2.75) is 19.3 Å². The van der Waals surface area contributed by atoms with Crippen LogP contribution in [0, 0.1) is 0 Å².